The number of halogens is 1. The van der Waals surface area contributed by atoms with Crippen molar-refractivity contribution in [3.05, 3.63) is 64.2 Å². The number of carbonyl (C=O) groups is 1. The first kappa shape index (κ1) is 14.9. The Hall–Kier alpha value is -2.51. The summed E-state index contributed by atoms with van der Waals surface area (Å²) in [6, 6.07) is 14.1. The summed E-state index contributed by atoms with van der Waals surface area (Å²) in [7, 11) is 0. The Morgan fingerprint density at radius 2 is 1.86 bits per heavy atom. The van der Waals surface area contributed by atoms with Crippen LogP contribution in [0.3, 0.4) is 0 Å². The second-order valence-electron chi connectivity index (χ2n) is 4.40. The van der Waals surface area contributed by atoms with Gasteiger partial charge in [-0.3, -0.25) is 4.79 Å². The summed E-state index contributed by atoms with van der Waals surface area (Å²) in [6.07, 6.45) is -0.00594. The third kappa shape index (κ3) is 3.98. The van der Waals surface area contributed by atoms with Gasteiger partial charge in [0.15, 0.2) is 0 Å². The number of hydrogen-bond donors (Lipinski definition) is 1. The Balaban J connectivity index is 2.05. The number of ether oxygens (including phenoxy) is 1. The quantitative estimate of drug-likeness (QED) is 0.918. The Morgan fingerprint density at radius 1 is 1.19 bits per heavy atom. The number of nitrogens with zero attached hydrogens (tertiary/aromatic N) is 1. The topological polar surface area (TPSA) is 70.3 Å². The van der Waals surface area contributed by atoms with E-state index in [9.17, 15) is 4.79 Å². The highest BCUT2D eigenvalue weighted by atomic mass is 35.5. The number of aliphatic carboxylic acids is 1. The normalized spacial score (nSPS) is 9.90. The van der Waals surface area contributed by atoms with Crippen molar-refractivity contribution in [2.45, 2.75) is 13.0 Å². The standard InChI is InChI=1S/C16H12ClNO3/c17-14-2-1-3-15(13(14)9-18)21-10-12-6-4-11(5-7-12)8-16(19)20/h1-7H,8,10H2,(H,19,20). The van der Waals surface area contributed by atoms with Gasteiger partial charge in [-0.2, -0.15) is 5.26 Å². The summed E-state index contributed by atoms with van der Waals surface area (Å²) in [4.78, 5) is 10.6. The maximum absolute atomic E-state index is 10.6. The molecule has 0 unspecified atom stereocenters. The smallest absolute Gasteiger partial charge is 0.307 e. The third-order valence-electron chi connectivity index (χ3n) is 2.86. The molecule has 0 aliphatic heterocycles. The van der Waals surface area contributed by atoms with Gasteiger partial charge >= 0.3 is 5.97 Å². The lowest BCUT2D eigenvalue weighted by Gasteiger charge is -2.09. The molecule has 0 bridgehead atoms. The minimum Gasteiger partial charge on any atom is -0.487 e. The van der Waals surface area contributed by atoms with E-state index in [2.05, 4.69) is 0 Å². The van der Waals surface area contributed by atoms with Gasteiger partial charge in [0.05, 0.1) is 11.4 Å². The zero-order chi connectivity index (χ0) is 15.2. The summed E-state index contributed by atoms with van der Waals surface area (Å²) >= 11 is 5.92. The van der Waals surface area contributed by atoms with Crippen molar-refractivity contribution < 1.29 is 14.6 Å². The minimum atomic E-state index is -0.864. The lowest BCUT2D eigenvalue weighted by Crippen LogP contribution is -2.01. The van der Waals surface area contributed by atoms with Crippen molar-refractivity contribution in [3.63, 3.8) is 0 Å². The molecule has 1 N–H and O–H groups in total. The molecule has 106 valence electrons. The fourth-order valence-corrected chi connectivity index (χ4v) is 2.03. The van der Waals surface area contributed by atoms with Crippen molar-refractivity contribution in [2.75, 3.05) is 0 Å². The van der Waals surface area contributed by atoms with Gasteiger partial charge in [-0.15, -0.1) is 0 Å². The zero-order valence-corrected chi connectivity index (χ0v) is 11.8. The van der Waals surface area contributed by atoms with E-state index in [-0.39, 0.29) is 13.0 Å². The summed E-state index contributed by atoms with van der Waals surface area (Å²) in [6.45, 7) is 0.280. The van der Waals surface area contributed by atoms with E-state index in [1.54, 1.807) is 42.5 Å². The number of carboxylic acids is 1. The Kier molecular flexibility index (Phi) is 4.81. The van der Waals surface area contributed by atoms with E-state index in [0.29, 0.717) is 16.3 Å². The predicted octanol–water partition coefficient (Wildman–Crippen LogP) is 3.42. The van der Waals surface area contributed by atoms with Crippen LogP contribution in [0.15, 0.2) is 42.5 Å². The van der Waals surface area contributed by atoms with Crippen LogP contribution in [0.4, 0.5) is 0 Å². The Labute approximate surface area is 127 Å². The van der Waals surface area contributed by atoms with Gasteiger partial charge < -0.3 is 9.84 Å². The van der Waals surface area contributed by atoms with Crippen molar-refractivity contribution in [1.82, 2.24) is 0 Å². The highest BCUT2D eigenvalue weighted by Gasteiger charge is 2.07. The molecule has 0 spiro atoms. The van der Waals surface area contributed by atoms with E-state index in [1.807, 2.05) is 6.07 Å². The van der Waals surface area contributed by atoms with Crippen LogP contribution in [-0.2, 0) is 17.8 Å². The molecule has 2 aromatic rings. The van der Waals surface area contributed by atoms with Crippen LogP contribution in [0, 0.1) is 11.3 Å². The number of carboxylic acid groups (broad SMARTS) is 1. The van der Waals surface area contributed by atoms with Gasteiger partial charge in [-0.1, -0.05) is 41.9 Å². The van der Waals surface area contributed by atoms with Crippen LogP contribution in [0.5, 0.6) is 5.75 Å². The monoisotopic (exact) mass is 301 g/mol. The maximum atomic E-state index is 10.6. The predicted molar refractivity (Wildman–Crippen MR) is 78.3 cm³/mol. The molecule has 4 nitrogen and oxygen atoms in total. The molecule has 0 aliphatic rings. The van der Waals surface area contributed by atoms with Crippen LogP contribution in [0.25, 0.3) is 0 Å². The van der Waals surface area contributed by atoms with Crippen molar-refractivity contribution >= 4 is 17.6 Å². The molecule has 0 atom stereocenters. The van der Waals surface area contributed by atoms with Crippen LogP contribution in [0.1, 0.15) is 16.7 Å². The molecular weight excluding hydrogens is 290 g/mol. The fraction of sp³-hybridized carbons (Fsp3) is 0.125. The number of hydrogen-bond acceptors (Lipinski definition) is 3. The van der Waals surface area contributed by atoms with Crippen LogP contribution >= 0.6 is 11.6 Å². The minimum absolute atomic E-state index is 0.00594. The Bertz CT molecular complexity index is 690. The van der Waals surface area contributed by atoms with E-state index in [1.165, 1.54) is 0 Å². The van der Waals surface area contributed by atoms with E-state index >= 15 is 0 Å². The molecule has 0 aliphatic carbocycles. The highest BCUT2D eigenvalue weighted by molar-refractivity contribution is 6.31. The highest BCUT2D eigenvalue weighted by Crippen LogP contribution is 2.26. The molecule has 0 heterocycles. The van der Waals surface area contributed by atoms with Gasteiger partial charge in [0.1, 0.15) is 24.0 Å². The largest absolute Gasteiger partial charge is 0.487 e. The van der Waals surface area contributed by atoms with Crippen LogP contribution < -0.4 is 4.74 Å². The van der Waals surface area contributed by atoms with Crippen molar-refractivity contribution in [1.29, 1.82) is 5.26 Å². The zero-order valence-electron chi connectivity index (χ0n) is 11.0. The first-order chi connectivity index (χ1) is 10.1. The van der Waals surface area contributed by atoms with Gasteiger partial charge in [0.2, 0.25) is 0 Å². The van der Waals surface area contributed by atoms with Crippen molar-refractivity contribution in [2.24, 2.45) is 0 Å². The van der Waals surface area contributed by atoms with Gasteiger partial charge in [0.25, 0.3) is 0 Å². The van der Waals surface area contributed by atoms with Gasteiger partial charge in [0, 0.05) is 0 Å². The van der Waals surface area contributed by atoms with Crippen LogP contribution in [0.2, 0.25) is 5.02 Å². The first-order valence-corrected chi connectivity index (χ1v) is 6.59. The summed E-state index contributed by atoms with van der Waals surface area (Å²) in [5.41, 5.74) is 1.92. The molecule has 0 fully saturated rings. The lowest BCUT2D eigenvalue weighted by molar-refractivity contribution is -0.136. The summed E-state index contributed by atoms with van der Waals surface area (Å²) in [5.74, 6) is -0.434. The SMILES string of the molecule is N#Cc1c(Cl)cccc1OCc1ccc(CC(=O)O)cc1. The second kappa shape index (κ2) is 6.78. The number of nitriles is 1. The molecular formula is C16H12ClNO3. The molecule has 0 aromatic heterocycles. The number of benzene rings is 2. The molecule has 0 amide bonds. The first-order valence-electron chi connectivity index (χ1n) is 6.21. The van der Waals surface area contributed by atoms with Crippen LogP contribution in [-0.4, -0.2) is 11.1 Å². The molecule has 2 aromatic carbocycles. The molecule has 0 saturated carbocycles. The van der Waals surface area contributed by atoms with E-state index < -0.39 is 5.97 Å². The summed E-state index contributed by atoms with van der Waals surface area (Å²) in [5, 5.41) is 18.1. The lowest BCUT2D eigenvalue weighted by atomic mass is 10.1. The molecule has 0 radical (unpaired) electrons. The van der Waals surface area contributed by atoms with Gasteiger partial charge in [-0.25, -0.2) is 0 Å². The Morgan fingerprint density at radius 3 is 2.48 bits per heavy atom. The number of rotatable bonds is 5. The van der Waals surface area contributed by atoms with E-state index in [0.717, 1.165) is 11.1 Å². The average molecular weight is 302 g/mol. The molecule has 21 heavy (non-hydrogen) atoms. The maximum Gasteiger partial charge on any atom is 0.307 e. The van der Waals surface area contributed by atoms with E-state index in [4.69, 9.17) is 26.7 Å². The van der Waals surface area contributed by atoms with Crippen molar-refractivity contribution in [3.8, 4) is 11.8 Å². The molecule has 2 rings (SSSR count). The average Bonchev–Trinajstić information content (AvgIpc) is 2.46. The van der Waals surface area contributed by atoms with Gasteiger partial charge in [-0.05, 0) is 23.3 Å². The third-order valence-corrected chi connectivity index (χ3v) is 3.17. The second-order valence-corrected chi connectivity index (χ2v) is 4.81. The summed E-state index contributed by atoms with van der Waals surface area (Å²) < 4.78 is 5.59. The fourth-order valence-electron chi connectivity index (χ4n) is 1.82. The molecule has 5 heteroatoms. The molecule has 0 saturated heterocycles.